The van der Waals surface area contributed by atoms with Crippen LogP contribution < -0.4 is 5.32 Å². The van der Waals surface area contributed by atoms with Crippen molar-refractivity contribution >= 4 is 11.7 Å². The van der Waals surface area contributed by atoms with Crippen LogP contribution in [0.5, 0.6) is 0 Å². The van der Waals surface area contributed by atoms with Gasteiger partial charge in [0.05, 0.1) is 5.56 Å². The number of aryl methyl sites for hydroxylation is 1. The van der Waals surface area contributed by atoms with Gasteiger partial charge in [-0.05, 0) is 50.7 Å². The number of hydrogen-bond acceptors (Lipinski definition) is 2. The van der Waals surface area contributed by atoms with Gasteiger partial charge in [-0.2, -0.15) is 0 Å². The Bertz CT molecular complexity index is 462. The number of benzene rings is 1. The molecule has 1 fully saturated rings. The fourth-order valence-electron chi connectivity index (χ4n) is 3.18. The first kappa shape index (κ1) is 14.9. The Balaban J connectivity index is 1.99. The van der Waals surface area contributed by atoms with E-state index in [4.69, 9.17) is 0 Å². The standard InChI is InChI=1S/C17H25NO2/c1-3-4-13-6-8-14(9-7-13)18-16-10-5-12(2)11-15(16)17(19)20/h5,10-11,13-14,18H,3-4,6-9H2,1-2H3,(H,19,20). The quantitative estimate of drug-likeness (QED) is 0.834. The zero-order valence-corrected chi connectivity index (χ0v) is 12.5. The number of anilines is 1. The molecule has 2 N–H and O–H groups in total. The van der Waals surface area contributed by atoms with Crippen LogP contribution in [0.4, 0.5) is 5.69 Å². The molecule has 20 heavy (non-hydrogen) atoms. The predicted octanol–water partition coefficient (Wildman–Crippen LogP) is 4.46. The zero-order valence-electron chi connectivity index (χ0n) is 12.5. The highest BCUT2D eigenvalue weighted by Crippen LogP contribution is 2.30. The fourth-order valence-corrected chi connectivity index (χ4v) is 3.18. The summed E-state index contributed by atoms with van der Waals surface area (Å²) in [5.74, 6) is 0.0193. The Morgan fingerprint density at radius 2 is 2.00 bits per heavy atom. The Kier molecular flexibility index (Phi) is 5.05. The molecule has 2 rings (SSSR count). The molecule has 0 aliphatic heterocycles. The van der Waals surface area contributed by atoms with Gasteiger partial charge in [0.1, 0.15) is 0 Å². The maximum Gasteiger partial charge on any atom is 0.337 e. The summed E-state index contributed by atoms with van der Waals surface area (Å²) < 4.78 is 0. The van der Waals surface area contributed by atoms with Crippen molar-refractivity contribution in [1.29, 1.82) is 0 Å². The third-order valence-corrected chi connectivity index (χ3v) is 4.31. The molecule has 0 unspecified atom stereocenters. The summed E-state index contributed by atoms with van der Waals surface area (Å²) in [4.78, 5) is 11.3. The number of aromatic carboxylic acids is 1. The highest BCUT2D eigenvalue weighted by Gasteiger charge is 2.21. The minimum absolute atomic E-state index is 0.390. The van der Waals surface area contributed by atoms with E-state index in [2.05, 4.69) is 12.2 Å². The Labute approximate surface area is 121 Å². The molecule has 0 atom stereocenters. The van der Waals surface area contributed by atoms with Gasteiger partial charge >= 0.3 is 5.97 Å². The van der Waals surface area contributed by atoms with Gasteiger partial charge in [0.25, 0.3) is 0 Å². The van der Waals surface area contributed by atoms with E-state index in [1.54, 1.807) is 6.07 Å². The second-order valence-electron chi connectivity index (χ2n) is 6.00. The molecule has 0 bridgehead atoms. The van der Waals surface area contributed by atoms with E-state index in [1.807, 2.05) is 19.1 Å². The van der Waals surface area contributed by atoms with Crippen molar-refractivity contribution in [2.24, 2.45) is 5.92 Å². The minimum atomic E-state index is -0.851. The summed E-state index contributed by atoms with van der Waals surface area (Å²) in [7, 11) is 0. The summed E-state index contributed by atoms with van der Waals surface area (Å²) in [6, 6.07) is 6.03. The van der Waals surface area contributed by atoms with E-state index in [1.165, 1.54) is 25.7 Å². The van der Waals surface area contributed by atoms with Gasteiger partial charge < -0.3 is 10.4 Å². The summed E-state index contributed by atoms with van der Waals surface area (Å²) >= 11 is 0. The number of carbonyl (C=O) groups is 1. The Morgan fingerprint density at radius 1 is 1.30 bits per heavy atom. The van der Waals surface area contributed by atoms with Crippen LogP contribution in [0.2, 0.25) is 0 Å². The van der Waals surface area contributed by atoms with Crippen molar-refractivity contribution in [1.82, 2.24) is 0 Å². The molecule has 0 amide bonds. The number of carboxylic acid groups (broad SMARTS) is 1. The first-order valence-electron chi connectivity index (χ1n) is 7.70. The van der Waals surface area contributed by atoms with Gasteiger partial charge in [0.2, 0.25) is 0 Å². The van der Waals surface area contributed by atoms with Crippen LogP contribution in [0.15, 0.2) is 18.2 Å². The van der Waals surface area contributed by atoms with Crippen molar-refractivity contribution in [3.8, 4) is 0 Å². The van der Waals surface area contributed by atoms with Gasteiger partial charge in [-0.25, -0.2) is 4.79 Å². The largest absolute Gasteiger partial charge is 0.478 e. The monoisotopic (exact) mass is 275 g/mol. The van der Waals surface area contributed by atoms with E-state index >= 15 is 0 Å². The molecule has 0 aromatic heterocycles. The number of rotatable bonds is 5. The molecular weight excluding hydrogens is 250 g/mol. The highest BCUT2D eigenvalue weighted by molar-refractivity contribution is 5.94. The molecule has 110 valence electrons. The van der Waals surface area contributed by atoms with E-state index in [0.717, 1.165) is 30.0 Å². The van der Waals surface area contributed by atoms with Gasteiger partial charge in [-0.15, -0.1) is 0 Å². The van der Waals surface area contributed by atoms with Crippen LogP contribution in [0, 0.1) is 12.8 Å². The van der Waals surface area contributed by atoms with Crippen LogP contribution in [0.1, 0.15) is 61.4 Å². The number of hydrogen-bond donors (Lipinski definition) is 2. The molecule has 1 aromatic carbocycles. The van der Waals surface area contributed by atoms with E-state index < -0.39 is 5.97 Å². The molecule has 0 radical (unpaired) electrons. The van der Waals surface area contributed by atoms with Crippen LogP contribution in [0.25, 0.3) is 0 Å². The van der Waals surface area contributed by atoms with E-state index in [-0.39, 0.29) is 0 Å². The van der Waals surface area contributed by atoms with E-state index in [0.29, 0.717) is 11.6 Å². The number of nitrogens with one attached hydrogen (secondary N) is 1. The summed E-state index contributed by atoms with van der Waals surface area (Å²) in [5.41, 5.74) is 2.14. The second kappa shape index (κ2) is 6.78. The highest BCUT2D eigenvalue weighted by atomic mass is 16.4. The first-order valence-corrected chi connectivity index (χ1v) is 7.70. The summed E-state index contributed by atoms with van der Waals surface area (Å²) in [6.07, 6.45) is 7.43. The lowest BCUT2D eigenvalue weighted by atomic mass is 9.83. The SMILES string of the molecule is CCCC1CCC(Nc2ccc(C)cc2C(=O)O)CC1. The molecule has 1 aliphatic carbocycles. The third-order valence-electron chi connectivity index (χ3n) is 4.31. The van der Waals surface area contributed by atoms with Crippen LogP contribution in [0.3, 0.4) is 0 Å². The molecule has 0 saturated heterocycles. The van der Waals surface area contributed by atoms with Crippen molar-refractivity contribution in [2.75, 3.05) is 5.32 Å². The lowest BCUT2D eigenvalue weighted by Gasteiger charge is -2.30. The van der Waals surface area contributed by atoms with Gasteiger partial charge in [0, 0.05) is 11.7 Å². The summed E-state index contributed by atoms with van der Waals surface area (Å²) in [6.45, 7) is 4.17. The fraction of sp³-hybridized carbons (Fsp3) is 0.588. The normalized spacial score (nSPS) is 22.5. The average molecular weight is 275 g/mol. The lowest BCUT2D eigenvalue weighted by Crippen LogP contribution is -2.27. The van der Waals surface area contributed by atoms with Gasteiger partial charge in [-0.1, -0.05) is 31.4 Å². The van der Waals surface area contributed by atoms with Crippen molar-refractivity contribution in [3.05, 3.63) is 29.3 Å². The predicted molar refractivity (Wildman–Crippen MR) is 82.4 cm³/mol. The van der Waals surface area contributed by atoms with Crippen molar-refractivity contribution < 1.29 is 9.90 Å². The van der Waals surface area contributed by atoms with Gasteiger partial charge in [-0.3, -0.25) is 0 Å². The topological polar surface area (TPSA) is 49.3 Å². The lowest BCUT2D eigenvalue weighted by molar-refractivity contribution is 0.0697. The Hall–Kier alpha value is -1.51. The number of carboxylic acids is 1. The second-order valence-corrected chi connectivity index (χ2v) is 6.00. The first-order chi connectivity index (χ1) is 9.60. The Morgan fingerprint density at radius 3 is 2.60 bits per heavy atom. The third kappa shape index (κ3) is 3.75. The van der Waals surface area contributed by atoms with Crippen molar-refractivity contribution in [2.45, 2.75) is 58.4 Å². The maximum absolute atomic E-state index is 11.3. The molecule has 3 heteroatoms. The summed E-state index contributed by atoms with van der Waals surface area (Å²) in [5, 5.41) is 12.7. The molecule has 1 saturated carbocycles. The van der Waals surface area contributed by atoms with Crippen LogP contribution >= 0.6 is 0 Å². The van der Waals surface area contributed by atoms with Crippen LogP contribution in [-0.4, -0.2) is 17.1 Å². The van der Waals surface area contributed by atoms with Crippen LogP contribution in [-0.2, 0) is 0 Å². The van der Waals surface area contributed by atoms with Gasteiger partial charge in [0.15, 0.2) is 0 Å². The average Bonchev–Trinajstić information content (AvgIpc) is 2.43. The van der Waals surface area contributed by atoms with Crippen molar-refractivity contribution in [3.63, 3.8) is 0 Å². The minimum Gasteiger partial charge on any atom is -0.478 e. The zero-order chi connectivity index (χ0) is 14.5. The molecule has 1 aromatic rings. The molecule has 0 heterocycles. The maximum atomic E-state index is 11.3. The molecular formula is C17H25NO2. The van der Waals surface area contributed by atoms with E-state index in [9.17, 15) is 9.90 Å². The molecule has 0 spiro atoms. The molecule has 3 nitrogen and oxygen atoms in total. The molecule has 1 aliphatic rings. The smallest absolute Gasteiger partial charge is 0.337 e.